The van der Waals surface area contributed by atoms with Gasteiger partial charge in [-0.25, -0.2) is 13.2 Å². The highest BCUT2D eigenvalue weighted by molar-refractivity contribution is 7.98. The molecule has 0 heterocycles. The van der Waals surface area contributed by atoms with E-state index < -0.39 is 27.9 Å². The van der Waals surface area contributed by atoms with Crippen LogP contribution < -0.4 is 5.32 Å². The summed E-state index contributed by atoms with van der Waals surface area (Å²) >= 11 is 1.53. The lowest BCUT2D eigenvalue weighted by atomic mass is 9.87. The number of carbonyl (C=O) groups is 2. The van der Waals surface area contributed by atoms with Gasteiger partial charge in [0.1, 0.15) is 6.04 Å². The van der Waals surface area contributed by atoms with Crippen LogP contribution in [0.25, 0.3) is 11.1 Å². The fourth-order valence-electron chi connectivity index (χ4n) is 5.86. The number of sulfonamides is 1. The molecule has 7 nitrogen and oxygen atoms in total. The highest BCUT2D eigenvalue weighted by Gasteiger charge is 2.28. The van der Waals surface area contributed by atoms with Gasteiger partial charge in [-0.05, 0) is 91.1 Å². The lowest BCUT2D eigenvalue weighted by molar-refractivity contribution is -0.139. The molecule has 0 aliphatic heterocycles. The van der Waals surface area contributed by atoms with Crippen LogP contribution in [0.15, 0.2) is 71.6 Å². The molecule has 44 heavy (non-hydrogen) atoms. The van der Waals surface area contributed by atoms with Gasteiger partial charge in [0.15, 0.2) is 0 Å². The van der Waals surface area contributed by atoms with E-state index in [0.717, 1.165) is 41.5 Å². The van der Waals surface area contributed by atoms with E-state index in [4.69, 9.17) is 0 Å². The Labute approximate surface area is 266 Å². The molecule has 3 aromatic carbocycles. The Morgan fingerprint density at radius 1 is 0.977 bits per heavy atom. The maximum absolute atomic E-state index is 14.0. The second-order valence-corrected chi connectivity index (χ2v) is 14.7. The van der Waals surface area contributed by atoms with Crippen LogP contribution in [0.1, 0.15) is 72.0 Å². The predicted molar refractivity (Wildman–Crippen MR) is 178 cm³/mol. The summed E-state index contributed by atoms with van der Waals surface area (Å²) in [5.41, 5.74) is 4.55. The first-order valence-electron chi connectivity index (χ1n) is 15.4. The Kier molecular flexibility index (Phi) is 12.1. The highest BCUT2D eigenvalue weighted by atomic mass is 32.2. The number of benzene rings is 3. The summed E-state index contributed by atoms with van der Waals surface area (Å²) in [4.78, 5) is 25.7. The molecule has 1 amide bonds. The summed E-state index contributed by atoms with van der Waals surface area (Å²) in [7, 11) is -3.78. The van der Waals surface area contributed by atoms with Gasteiger partial charge in [0.05, 0.1) is 4.90 Å². The number of amides is 1. The average molecular weight is 637 g/mol. The molecule has 0 saturated heterocycles. The predicted octanol–water partition coefficient (Wildman–Crippen LogP) is 7.07. The minimum atomic E-state index is -3.78. The fraction of sp³-hybridized carbons (Fsp3) is 0.429. The number of aryl methyl sites for hydroxylation is 2. The Morgan fingerprint density at radius 3 is 2.34 bits per heavy atom. The van der Waals surface area contributed by atoms with Crippen LogP contribution in [-0.4, -0.2) is 54.3 Å². The zero-order chi connectivity index (χ0) is 31.7. The highest BCUT2D eigenvalue weighted by Crippen LogP contribution is 2.31. The molecule has 0 unspecified atom stereocenters. The summed E-state index contributed by atoms with van der Waals surface area (Å²) in [6, 6.07) is 19.0. The molecule has 9 heteroatoms. The second kappa shape index (κ2) is 15.7. The van der Waals surface area contributed by atoms with Crippen molar-refractivity contribution in [1.29, 1.82) is 0 Å². The van der Waals surface area contributed by atoms with Crippen LogP contribution in [0.2, 0.25) is 0 Å². The Balaban J connectivity index is 1.70. The molecule has 4 rings (SSSR count). The summed E-state index contributed by atoms with van der Waals surface area (Å²) in [6.07, 6.45) is 8.91. The van der Waals surface area contributed by atoms with Gasteiger partial charge in [-0.1, -0.05) is 80.1 Å². The van der Waals surface area contributed by atoms with Gasteiger partial charge in [-0.15, -0.1) is 0 Å². The Bertz CT molecular complexity index is 1530. The number of nitrogens with one attached hydrogen (secondary N) is 1. The lowest BCUT2D eigenvalue weighted by Crippen LogP contribution is -2.41. The number of rotatable bonds is 14. The molecule has 1 saturated carbocycles. The largest absolute Gasteiger partial charge is 0.480 e. The fourth-order valence-corrected chi connectivity index (χ4v) is 7.78. The molecule has 236 valence electrons. The van der Waals surface area contributed by atoms with E-state index in [2.05, 4.69) is 5.32 Å². The van der Waals surface area contributed by atoms with E-state index in [0.29, 0.717) is 35.8 Å². The first-order chi connectivity index (χ1) is 21.1. The minimum absolute atomic E-state index is 0.162. The molecular formula is C35H44N2O5S2. The third-order valence-corrected chi connectivity index (χ3v) is 11.0. The summed E-state index contributed by atoms with van der Waals surface area (Å²) in [6.45, 7) is 4.47. The standard InChI is InChI=1S/C35H44N2O5S2/c1-25-13-16-29(17-14-25)44(41,42)37(21-19-27-10-5-4-6-11-27)24-28-15-18-31(32(23-28)30-12-8-7-9-26(30)2)34(38)36-33(35(39)40)20-22-43-3/h7-9,12-18,23,27,33H,4-6,10-11,19-22,24H2,1-3H3,(H,36,38)(H,39,40)/t33-/m0/s1. The zero-order valence-corrected chi connectivity index (χ0v) is 27.6. The van der Waals surface area contributed by atoms with Crippen molar-refractivity contribution >= 4 is 33.7 Å². The van der Waals surface area contributed by atoms with Crippen molar-refractivity contribution in [3.05, 3.63) is 89.0 Å². The molecule has 3 aromatic rings. The van der Waals surface area contributed by atoms with Crippen LogP contribution in [0, 0.1) is 19.8 Å². The quantitative estimate of drug-likeness (QED) is 0.196. The molecule has 1 atom stereocenters. The number of nitrogens with zero attached hydrogens (tertiary/aromatic N) is 1. The van der Waals surface area contributed by atoms with Gasteiger partial charge in [-0.2, -0.15) is 16.1 Å². The number of carbonyl (C=O) groups excluding carboxylic acids is 1. The number of carboxylic acids is 1. The van der Waals surface area contributed by atoms with Gasteiger partial charge in [0, 0.05) is 18.7 Å². The Morgan fingerprint density at radius 2 is 1.68 bits per heavy atom. The van der Waals surface area contributed by atoms with E-state index in [-0.39, 0.29) is 11.4 Å². The van der Waals surface area contributed by atoms with Crippen molar-refractivity contribution in [3.63, 3.8) is 0 Å². The van der Waals surface area contributed by atoms with Crippen LogP contribution >= 0.6 is 11.8 Å². The van der Waals surface area contributed by atoms with Crippen LogP contribution in [0.3, 0.4) is 0 Å². The van der Waals surface area contributed by atoms with Gasteiger partial charge < -0.3 is 10.4 Å². The van der Waals surface area contributed by atoms with Crippen molar-refractivity contribution in [3.8, 4) is 11.1 Å². The van der Waals surface area contributed by atoms with Crippen LogP contribution in [-0.2, 0) is 21.4 Å². The molecular weight excluding hydrogens is 593 g/mol. The number of hydrogen-bond acceptors (Lipinski definition) is 5. The molecule has 0 aromatic heterocycles. The molecule has 0 bridgehead atoms. The third kappa shape index (κ3) is 8.73. The number of thioether (sulfide) groups is 1. The van der Waals surface area contributed by atoms with Crippen molar-refractivity contribution < 1.29 is 23.1 Å². The van der Waals surface area contributed by atoms with Gasteiger partial charge in [0.25, 0.3) is 5.91 Å². The Hall–Kier alpha value is -3.14. The number of carboxylic acid groups (broad SMARTS) is 1. The van der Waals surface area contributed by atoms with E-state index in [9.17, 15) is 23.1 Å². The van der Waals surface area contributed by atoms with Crippen molar-refractivity contribution in [2.45, 2.75) is 76.3 Å². The minimum Gasteiger partial charge on any atom is -0.480 e. The van der Waals surface area contributed by atoms with Gasteiger partial charge >= 0.3 is 5.97 Å². The SMILES string of the molecule is CSCC[C@H](NC(=O)c1ccc(CN(CCC2CCCCC2)S(=O)(=O)c2ccc(C)cc2)cc1-c1ccccc1C)C(=O)O. The second-order valence-electron chi connectivity index (χ2n) is 11.8. The summed E-state index contributed by atoms with van der Waals surface area (Å²) in [5, 5.41) is 12.4. The van der Waals surface area contributed by atoms with E-state index in [1.807, 2.05) is 62.6 Å². The number of hydrogen-bond donors (Lipinski definition) is 2. The lowest BCUT2D eigenvalue weighted by Gasteiger charge is -2.27. The van der Waals surface area contributed by atoms with Gasteiger partial charge in [-0.3, -0.25) is 4.79 Å². The first kappa shape index (κ1) is 33.7. The van der Waals surface area contributed by atoms with E-state index >= 15 is 0 Å². The molecule has 1 aliphatic rings. The maximum Gasteiger partial charge on any atom is 0.326 e. The molecule has 2 N–H and O–H groups in total. The monoisotopic (exact) mass is 636 g/mol. The summed E-state index contributed by atoms with van der Waals surface area (Å²) in [5.74, 6) is -0.421. The van der Waals surface area contributed by atoms with E-state index in [1.165, 1.54) is 31.0 Å². The topological polar surface area (TPSA) is 104 Å². The maximum atomic E-state index is 14.0. The van der Waals surface area contributed by atoms with Crippen molar-refractivity contribution in [2.75, 3.05) is 18.6 Å². The number of aliphatic carboxylic acids is 1. The normalized spacial score (nSPS) is 14.8. The smallest absolute Gasteiger partial charge is 0.326 e. The zero-order valence-electron chi connectivity index (χ0n) is 25.9. The van der Waals surface area contributed by atoms with Gasteiger partial charge in [0.2, 0.25) is 10.0 Å². The molecule has 1 aliphatic carbocycles. The van der Waals surface area contributed by atoms with E-state index in [1.54, 1.807) is 28.6 Å². The first-order valence-corrected chi connectivity index (χ1v) is 18.2. The molecule has 1 fully saturated rings. The van der Waals surface area contributed by atoms with Crippen LogP contribution in [0.4, 0.5) is 0 Å². The molecule has 0 spiro atoms. The summed E-state index contributed by atoms with van der Waals surface area (Å²) < 4.78 is 29.5. The third-order valence-electron chi connectivity index (χ3n) is 8.51. The van der Waals surface area contributed by atoms with Crippen molar-refractivity contribution in [2.24, 2.45) is 5.92 Å². The average Bonchev–Trinajstić information content (AvgIpc) is 3.01. The van der Waals surface area contributed by atoms with Crippen molar-refractivity contribution in [1.82, 2.24) is 9.62 Å². The molecule has 0 radical (unpaired) electrons. The van der Waals surface area contributed by atoms with Crippen LogP contribution in [0.5, 0.6) is 0 Å².